The van der Waals surface area contributed by atoms with Gasteiger partial charge in [-0.1, -0.05) is 6.92 Å². The maximum absolute atomic E-state index is 12.8. The smallest absolute Gasteiger partial charge is 0.341 e. The lowest BCUT2D eigenvalue weighted by atomic mass is 9.95. The number of carbonyl (C=O) groups excluding carboxylic acids is 2. The summed E-state index contributed by atoms with van der Waals surface area (Å²) in [6, 6.07) is -0.777. The number of hydrogen-bond donors (Lipinski definition) is 1. The van der Waals surface area contributed by atoms with Crippen molar-refractivity contribution in [1.82, 2.24) is 9.78 Å². The monoisotopic (exact) mass is 420 g/mol. The molecule has 1 unspecified atom stereocenters. The molecule has 1 atom stereocenters. The zero-order chi connectivity index (χ0) is 21.1. The number of thiophene rings is 1. The van der Waals surface area contributed by atoms with Crippen molar-refractivity contribution in [1.29, 1.82) is 0 Å². The summed E-state index contributed by atoms with van der Waals surface area (Å²) in [5, 5.41) is 18.4. The molecule has 0 saturated heterocycles. The SMILES string of the molecule is CCCOC(=O)c1c(NC(=O)C(C)n2cc([N+](=O)[O-])c(C)n2)sc2c1CCCC2. The van der Waals surface area contributed by atoms with E-state index < -0.39 is 22.8 Å². The van der Waals surface area contributed by atoms with Crippen LogP contribution in [0.25, 0.3) is 0 Å². The Kier molecular flexibility index (Phi) is 6.31. The standard InChI is InChI=1S/C19H24N4O5S/c1-4-9-28-19(25)16-13-7-5-6-8-15(13)29-18(16)20-17(24)12(3)22-10-14(23(26)27)11(2)21-22/h10,12H,4-9H2,1-3H3,(H,20,24). The molecule has 0 aromatic carbocycles. The molecule has 2 aromatic heterocycles. The van der Waals surface area contributed by atoms with E-state index in [1.165, 1.54) is 29.1 Å². The summed E-state index contributed by atoms with van der Waals surface area (Å²) in [4.78, 5) is 37.1. The average molecular weight is 420 g/mol. The molecular weight excluding hydrogens is 396 g/mol. The van der Waals surface area contributed by atoms with Gasteiger partial charge in [-0.25, -0.2) is 4.79 Å². The second-order valence-electron chi connectivity index (χ2n) is 7.05. The zero-order valence-corrected chi connectivity index (χ0v) is 17.5. The molecule has 10 heteroatoms. The molecule has 0 radical (unpaired) electrons. The molecule has 2 heterocycles. The van der Waals surface area contributed by atoms with Gasteiger partial charge in [-0.05, 0) is 51.5 Å². The number of aromatic nitrogens is 2. The van der Waals surface area contributed by atoms with E-state index in [4.69, 9.17) is 4.74 Å². The third kappa shape index (κ3) is 4.31. The molecule has 1 aliphatic carbocycles. The highest BCUT2D eigenvalue weighted by atomic mass is 32.1. The van der Waals surface area contributed by atoms with Crippen molar-refractivity contribution in [2.45, 2.75) is 58.9 Å². The van der Waals surface area contributed by atoms with Crippen molar-refractivity contribution in [2.24, 2.45) is 0 Å². The van der Waals surface area contributed by atoms with Gasteiger partial charge in [-0.3, -0.25) is 19.6 Å². The van der Waals surface area contributed by atoms with Gasteiger partial charge in [0.25, 0.3) is 0 Å². The molecule has 1 N–H and O–H groups in total. The fraction of sp³-hybridized carbons (Fsp3) is 0.526. The number of nitrogens with one attached hydrogen (secondary N) is 1. The first kappa shape index (κ1) is 21.0. The van der Waals surface area contributed by atoms with Crippen LogP contribution in [0.15, 0.2) is 6.20 Å². The summed E-state index contributed by atoms with van der Waals surface area (Å²) < 4.78 is 6.61. The molecular formula is C19H24N4O5S. The quantitative estimate of drug-likeness (QED) is 0.414. The third-order valence-electron chi connectivity index (χ3n) is 4.91. The molecule has 1 aliphatic rings. The van der Waals surface area contributed by atoms with Crippen LogP contribution in [0.1, 0.15) is 65.6 Å². The number of ether oxygens (including phenoxy) is 1. The van der Waals surface area contributed by atoms with Crippen molar-refractivity contribution >= 4 is 33.9 Å². The predicted molar refractivity (Wildman–Crippen MR) is 108 cm³/mol. The Morgan fingerprint density at radius 2 is 2.14 bits per heavy atom. The number of nitro groups is 1. The highest BCUT2D eigenvalue weighted by Gasteiger charge is 2.29. The van der Waals surface area contributed by atoms with Crippen molar-refractivity contribution < 1.29 is 19.2 Å². The minimum atomic E-state index is -0.777. The van der Waals surface area contributed by atoms with Crippen LogP contribution in [0.5, 0.6) is 0 Å². The molecule has 0 saturated carbocycles. The summed E-state index contributed by atoms with van der Waals surface area (Å²) in [5.41, 5.74) is 1.52. The van der Waals surface area contributed by atoms with Gasteiger partial charge in [-0.15, -0.1) is 11.3 Å². The number of amides is 1. The Balaban J connectivity index is 1.86. The van der Waals surface area contributed by atoms with E-state index in [1.54, 1.807) is 6.92 Å². The van der Waals surface area contributed by atoms with Crippen molar-refractivity contribution in [3.63, 3.8) is 0 Å². The maximum Gasteiger partial charge on any atom is 0.341 e. The molecule has 3 rings (SSSR count). The Labute approximate surface area is 172 Å². The summed E-state index contributed by atoms with van der Waals surface area (Å²) in [6.45, 7) is 5.37. The number of esters is 1. The van der Waals surface area contributed by atoms with Gasteiger partial charge in [0.05, 0.1) is 17.1 Å². The number of aryl methyl sites for hydroxylation is 2. The normalized spacial score (nSPS) is 14.2. The minimum absolute atomic E-state index is 0.139. The first-order valence-corrected chi connectivity index (χ1v) is 10.5. The second kappa shape index (κ2) is 8.73. The van der Waals surface area contributed by atoms with Gasteiger partial charge in [0.1, 0.15) is 22.9 Å². The largest absolute Gasteiger partial charge is 0.462 e. The Morgan fingerprint density at radius 3 is 2.79 bits per heavy atom. The Hall–Kier alpha value is -2.75. The number of carbonyl (C=O) groups is 2. The van der Waals surface area contributed by atoms with E-state index in [2.05, 4.69) is 10.4 Å². The highest BCUT2D eigenvalue weighted by Crippen LogP contribution is 2.39. The van der Waals surface area contributed by atoms with E-state index in [1.807, 2.05) is 6.92 Å². The van der Waals surface area contributed by atoms with Crippen molar-refractivity contribution in [2.75, 3.05) is 11.9 Å². The van der Waals surface area contributed by atoms with Crippen LogP contribution >= 0.6 is 11.3 Å². The molecule has 156 valence electrons. The lowest BCUT2D eigenvalue weighted by Gasteiger charge is -2.14. The summed E-state index contributed by atoms with van der Waals surface area (Å²) in [5.74, 6) is -0.815. The van der Waals surface area contributed by atoms with Crippen molar-refractivity contribution in [3.05, 3.63) is 38.0 Å². The first-order valence-electron chi connectivity index (χ1n) is 9.66. The number of anilines is 1. The topological polar surface area (TPSA) is 116 Å². The summed E-state index contributed by atoms with van der Waals surface area (Å²) in [6.07, 6.45) is 5.68. The first-order chi connectivity index (χ1) is 13.8. The molecule has 0 bridgehead atoms. The fourth-order valence-electron chi connectivity index (χ4n) is 3.32. The van der Waals surface area contributed by atoms with E-state index in [0.717, 1.165) is 36.1 Å². The Morgan fingerprint density at radius 1 is 1.41 bits per heavy atom. The zero-order valence-electron chi connectivity index (χ0n) is 16.7. The summed E-state index contributed by atoms with van der Waals surface area (Å²) >= 11 is 1.41. The lowest BCUT2D eigenvalue weighted by Crippen LogP contribution is -2.25. The van der Waals surface area contributed by atoms with Gasteiger partial charge >= 0.3 is 11.7 Å². The number of rotatable bonds is 7. The van der Waals surface area contributed by atoms with E-state index in [0.29, 0.717) is 23.6 Å². The lowest BCUT2D eigenvalue weighted by molar-refractivity contribution is -0.385. The molecule has 0 spiro atoms. The molecule has 0 aliphatic heterocycles. The number of fused-ring (bicyclic) bond motifs is 1. The number of hydrogen-bond acceptors (Lipinski definition) is 7. The van der Waals surface area contributed by atoms with Gasteiger partial charge in [0, 0.05) is 4.88 Å². The summed E-state index contributed by atoms with van der Waals surface area (Å²) in [7, 11) is 0. The predicted octanol–water partition coefficient (Wildman–Crippen LogP) is 3.81. The molecule has 1 amide bonds. The fourth-order valence-corrected chi connectivity index (χ4v) is 4.60. The molecule has 29 heavy (non-hydrogen) atoms. The van der Waals surface area contributed by atoms with Crippen LogP contribution in [-0.4, -0.2) is 33.2 Å². The second-order valence-corrected chi connectivity index (χ2v) is 8.16. The van der Waals surface area contributed by atoms with E-state index in [9.17, 15) is 19.7 Å². The van der Waals surface area contributed by atoms with Crippen LogP contribution < -0.4 is 5.32 Å². The molecule has 2 aromatic rings. The van der Waals surface area contributed by atoms with E-state index >= 15 is 0 Å². The van der Waals surface area contributed by atoms with Gasteiger partial charge in [-0.2, -0.15) is 5.10 Å². The van der Waals surface area contributed by atoms with Crippen LogP contribution in [0.3, 0.4) is 0 Å². The van der Waals surface area contributed by atoms with Gasteiger partial charge < -0.3 is 10.1 Å². The highest BCUT2D eigenvalue weighted by molar-refractivity contribution is 7.17. The van der Waals surface area contributed by atoms with Crippen LogP contribution in [-0.2, 0) is 22.4 Å². The minimum Gasteiger partial charge on any atom is -0.462 e. The average Bonchev–Trinajstić information content (AvgIpc) is 3.25. The molecule has 0 fully saturated rings. The van der Waals surface area contributed by atoms with Crippen LogP contribution in [0.4, 0.5) is 10.7 Å². The third-order valence-corrected chi connectivity index (χ3v) is 6.12. The maximum atomic E-state index is 12.8. The van der Waals surface area contributed by atoms with E-state index in [-0.39, 0.29) is 11.4 Å². The number of nitrogens with zero attached hydrogens (tertiary/aromatic N) is 3. The van der Waals surface area contributed by atoms with Gasteiger partial charge in [0.15, 0.2) is 0 Å². The van der Waals surface area contributed by atoms with Crippen LogP contribution in [0, 0.1) is 17.0 Å². The molecule has 9 nitrogen and oxygen atoms in total. The van der Waals surface area contributed by atoms with Crippen molar-refractivity contribution in [3.8, 4) is 0 Å². The van der Waals surface area contributed by atoms with Gasteiger partial charge in [0.2, 0.25) is 5.91 Å². The van der Waals surface area contributed by atoms with Crippen LogP contribution in [0.2, 0.25) is 0 Å². The Bertz CT molecular complexity index is 949.